The molecule has 2 heterocycles. The van der Waals surface area contributed by atoms with Gasteiger partial charge >= 0.3 is 12.0 Å². The molecule has 2 amide bonds. The van der Waals surface area contributed by atoms with Gasteiger partial charge in [0, 0.05) is 32.5 Å². The van der Waals surface area contributed by atoms with Crippen LogP contribution in [0.3, 0.4) is 0 Å². The Kier molecular flexibility index (Phi) is 4.56. The molecule has 1 aromatic heterocycles. The maximum absolute atomic E-state index is 12.4. The molecule has 1 fully saturated rings. The molecule has 8 heteroatoms. The Morgan fingerprint density at radius 3 is 2.95 bits per heavy atom. The number of ether oxygens (including phenoxy) is 1. The van der Waals surface area contributed by atoms with Crippen molar-refractivity contribution in [1.82, 2.24) is 14.8 Å². The molecule has 0 saturated carbocycles. The number of carboxylic acids is 1. The zero-order valence-corrected chi connectivity index (χ0v) is 12.2. The van der Waals surface area contributed by atoms with Crippen LogP contribution in [0.5, 0.6) is 0 Å². The fourth-order valence-corrected chi connectivity index (χ4v) is 2.81. The fraction of sp³-hybridized carbons (Fsp3) is 0.583. The standard InChI is InChI=1S/C12H17N3O4S/c1-14(4-8-6-20-7-13-8)12(18)15-5-9(19-2)3-10(15)11(16)17/h6-7,9-10H,3-5H2,1-2H3,(H,16,17). The largest absolute Gasteiger partial charge is 0.480 e. The normalized spacial score (nSPS) is 22.0. The molecule has 7 nitrogen and oxygen atoms in total. The second-order valence-electron chi connectivity index (χ2n) is 4.72. The van der Waals surface area contributed by atoms with Crippen LogP contribution in [-0.4, -0.2) is 64.7 Å². The number of nitrogens with zero attached hydrogens (tertiary/aromatic N) is 3. The molecule has 2 unspecified atom stereocenters. The molecule has 1 N–H and O–H groups in total. The van der Waals surface area contributed by atoms with Crippen molar-refractivity contribution >= 4 is 23.3 Å². The summed E-state index contributed by atoms with van der Waals surface area (Å²) in [7, 11) is 3.16. The van der Waals surface area contributed by atoms with E-state index in [2.05, 4.69) is 4.98 Å². The summed E-state index contributed by atoms with van der Waals surface area (Å²) in [5.41, 5.74) is 2.49. The van der Waals surface area contributed by atoms with Crippen molar-refractivity contribution in [2.45, 2.75) is 25.1 Å². The zero-order chi connectivity index (χ0) is 14.7. The number of carboxylic acid groups (broad SMARTS) is 1. The molecule has 20 heavy (non-hydrogen) atoms. The second-order valence-corrected chi connectivity index (χ2v) is 5.44. The first-order valence-electron chi connectivity index (χ1n) is 6.17. The number of urea groups is 1. The minimum Gasteiger partial charge on any atom is -0.480 e. The van der Waals surface area contributed by atoms with E-state index in [1.54, 1.807) is 12.6 Å². The topological polar surface area (TPSA) is 83.0 Å². The minimum absolute atomic E-state index is 0.229. The Morgan fingerprint density at radius 2 is 2.40 bits per heavy atom. The first-order chi connectivity index (χ1) is 9.52. The molecule has 110 valence electrons. The number of aliphatic carboxylic acids is 1. The van der Waals surface area contributed by atoms with Gasteiger partial charge in [-0.05, 0) is 0 Å². The van der Waals surface area contributed by atoms with Gasteiger partial charge in [0.15, 0.2) is 0 Å². The van der Waals surface area contributed by atoms with E-state index in [1.165, 1.54) is 28.2 Å². The Morgan fingerprint density at radius 1 is 1.65 bits per heavy atom. The smallest absolute Gasteiger partial charge is 0.326 e. The Labute approximate surface area is 120 Å². The lowest BCUT2D eigenvalue weighted by Crippen LogP contribution is -2.46. The summed E-state index contributed by atoms with van der Waals surface area (Å²) in [6.45, 7) is 0.663. The molecule has 1 aromatic rings. The highest BCUT2D eigenvalue weighted by Gasteiger charge is 2.40. The maximum Gasteiger partial charge on any atom is 0.326 e. The van der Waals surface area contributed by atoms with Crippen LogP contribution in [0.4, 0.5) is 4.79 Å². The summed E-state index contributed by atoms with van der Waals surface area (Å²) >= 11 is 1.46. The number of carbonyl (C=O) groups is 2. The fourth-order valence-electron chi connectivity index (χ4n) is 2.26. The molecule has 2 atom stereocenters. The van der Waals surface area contributed by atoms with Gasteiger partial charge in [-0.3, -0.25) is 0 Å². The van der Waals surface area contributed by atoms with Crippen molar-refractivity contribution in [2.24, 2.45) is 0 Å². The van der Waals surface area contributed by atoms with Gasteiger partial charge in [-0.15, -0.1) is 11.3 Å². The van der Waals surface area contributed by atoms with Crippen LogP contribution in [0.1, 0.15) is 12.1 Å². The second kappa shape index (κ2) is 6.19. The third-order valence-electron chi connectivity index (χ3n) is 3.34. The summed E-state index contributed by atoms with van der Waals surface area (Å²) in [5, 5.41) is 11.1. The number of hydrogen-bond donors (Lipinski definition) is 1. The zero-order valence-electron chi connectivity index (χ0n) is 11.4. The molecule has 2 rings (SSSR count). The van der Waals surface area contributed by atoms with Crippen molar-refractivity contribution in [3.05, 3.63) is 16.6 Å². The molecular weight excluding hydrogens is 282 g/mol. The van der Waals surface area contributed by atoms with Gasteiger partial charge < -0.3 is 19.6 Å². The highest BCUT2D eigenvalue weighted by molar-refractivity contribution is 7.07. The number of amides is 2. The molecule has 0 spiro atoms. The van der Waals surface area contributed by atoms with Crippen LogP contribution < -0.4 is 0 Å². The molecule has 1 saturated heterocycles. The number of thiazole rings is 1. The molecule has 0 aromatic carbocycles. The number of aromatic nitrogens is 1. The van der Waals surface area contributed by atoms with E-state index in [9.17, 15) is 14.7 Å². The Bertz CT molecular complexity index is 479. The van der Waals surface area contributed by atoms with Crippen LogP contribution >= 0.6 is 11.3 Å². The SMILES string of the molecule is COC1CC(C(=O)O)N(C(=O)N(C)Cc2cscn2)C1. The van der Waals surface area contributed by atoms with Crippen molar-refractivity contribution in [3.63, 3.8) is 0 Å². The van der Waals surface area contributed by atoms with Crippen LogP contribution in [0.25, 0.3) is 0 Å². The summed E-state index contributed by atoms with van der Waals surface area (Å²) in [5.74, 6) is -1.00. The average Bonchev–Trinajstić information content (AvgIpc) is 3.06. The number of methoxy groups -OCH3 is 1. The van der Waals surface area contributed by atoms with Gasteiger partial charge in [-0.25, -0.2) is 14.6 Å². The van der Waals surface area contributed by atoms with Gasteiger partial charge in [0.1, 0.15) is 6.04 Å². The van der Waals surface area contributed by atoms with E-state index >= 15 is 0 Å². The third kappa shape index (κ3) is 3.07. The molecule has 1 aliphatic heterocycles. The number of carbonyl (C=O) groups excluding carboxylic acids is 1. The highest BCUT2D eigenvalue weighted by atomic mass is 32.1. The highest BCUT2D eigenvalue weighted by Crippen LogP contribution is 2.22. The van der Waals surface area contributed by atoms with Crippen molar-refractivity contribution in [2.75, 3.05) is 20.7 Å². The van der Waals surface area contributed by atoms with Crippen molar-refractivity contribution in [3.8, 4) is 0 Å². The van der Waals surface area contributed by atoms with Gasteiger partial charge in [0.05, 0.1) is 23.9 Å². The first-order valence-corrected chi connectivity index (χ1v) is 7.11. The lowest BCUT2D eigenvalue weighted by Gasteiger charge is -2.27. The van der Waals surface area contributed by atoms with Gasteiger partial charge in [-0.2, -0.15) is 0 Å². The molecule has 0 aliphatic carbocycles. The number of likely N-dealkylation sites (tertiary alicyclic amines) is 1. The minimum atomic E-state index is -1.00. The van der Waals surface area contributed by atoms with E-state index < -0.39 is 12.0 Å². The van der Waals surface area contributed by atoms with E-state index in [0.29, 0.717) is 19.5 Å². The Balaban J connectivity index is 2.04. The predicted molar refractivity (Wildman–Crippen MR) is 72.5 cm³/mol. The molecule has 0 bridgehead atoms. The number of hydrogen-bond acceptors (Lipinski definition) is 5. The summed E-state index contributed by atoms with van der Waals surface area (Å²) in [6, 6.07) is -1.14. The van der Waals surface area contributed by atoms with Gasteiger partial charge in [-0.1, -0.05) is 0 Å². The summed E-state index contributed by atoms with van der Waals surface area (Å²) < 4.78 is 5.17. The van der Waals surface area contributed by atoms with E-state index in [-0.39, 0.29) is 12.1 Å². The third-order valence-corrected chi connectivity index (χ3v) is 3.97. The monoisotopic (exact) mass is 299 g/mol. The van der Waals surface area contributed by atoms with E-state index in [1.807, 2.05) is 5.38 Å². The quantitative estimate of drug-likeness (QED) is 0.892. The average molecular weight is 299 g/mol. The van der Waals surface area contributed by atoms with Crippen LogP contribution in [-0.2, 0) is 16.1 Å². The van der Waals surface area contributed by atoms with Crippen LogP contribution in [0.2, 0.25) is 0 Å². The molecule has 1 aliphatic rings. The Hall–Kier alpha value is -1.67. The maximum atomic E-state index is 12.4. The lowest BCUT2D eigenvalue weighted by molar-refractivity contribution is -0.141. The van der Waals surface area contributed by atoms with E-state index in [0.717, 1.165) is 5.69 Å². The lowest BCUT2D eigenvalue weighted by atomic mass is 10.2. The van der Waals surface area contributed by atoms with Gasteiger partial charge in [0.2, 0.25) is 0 Å². The van der Waals surface area contributed by atoms with E-state index in [4.69, 9.17) is 4.74 Å². The van der Waals surface area contributed by atoms with Gasteiger partial charge in [0.25, 0.3) is 0 Å². The molecular formula is C12H17N3O4S. The molecule has 0 radical (unpaired) electrons. The van der Waals surface area contributed by atoms with Crippen molar-refractivity contribution in [1.29, 1.82) is 0 Å². The van der Waals surface area contributed by atoms with Crippen molar-refractivity contribution < 1.29 is 19.4 Å². The van der Waals surface area contributed by atoms with Crippen LogP contribution in [0.15, 0.2) is 10.9 Å². The first kappa shape index (κ1) is 14.7. The predicted octanol–water partition coefficient (Wildman–Crippen LogP) is 0.869. The summed E-state index contributed by atoms with van der Waals surface area (Å²) in [4.78, 5) is 30.5. The summed E-state index contributed by atoms with van der Waals surface area (Å²) in [6.07, 6.45) is 0.0926. The number of rotatable bonds is 4. The van der Waals surface area contributed by atoms with Crippen LogP contribution in [0, 0.1) is 0 Å².